The number of carbonyl (C=O) groups is 2. The van der Waals surface area contributed by atoms with Gasteiger partial charge in [-0.25, -0.2) is 4.79 Å². The van der Waals surface area contributed by atoms with Gasteiger partial charge in [-0.05, 0) is 13.8 Å². The number of urea groups is 1. The Morgan fingerprint density at radius 1 is 1.61 bits per heavy atom. The number of fused-ring (bicyclic) bond motifs is 1. The van der Waals surface area contributed by atoms with Crippen LogP contribution in [-0.2, 0) is 4.79 Å². The van der Waals surface area contributed by atoms with E-state index in [4.69, 9.17) is 5.11 Å². The third kappa shape index (κ3) is 1.96. The molecule has 0 radical (unpaired) electrons. The Bertz CT molecular complexity index is 381. The summed E-state index contributed by atoms with van der Waals surface area (Å²) in [6.07, 6.45) is 0. The van der Waals surface area contributed by atoms with Crippen molar-refractivity contribution in [2.24, 2.45) is 5.41 Å². The number of carbonyl (C=O) groups excluding carboxylic acids is 1. The molecule has 0 aliphatic carbocycles. The summed E-state index contributed by atoms with van der Waals surface area (Å²) in [5, 5.41) is 12.4. The van der Waals surface area contributed by atoms with Gasteiger partial charge in [0.15, 0.2) is 0 Å². The van der Waals surface area contributed by atoms with Crippen molar-refractivity contribution in [3.63, 3.8) is 0 Å². The maximum absolute atomic E-state index is 12.2. The number of nitrogens with one attached hydrogen (secondary N) is 1. The zero-order valence-corrected chi connectivity index (χ0v) is 10.8. The fourth-order valence-electron chi connectivity index (χ4n) is 2.32. The van der Waals surface area contributed by atoms with Crippen LogP contribution in [0.1, 0.15) is 13.8 Å². The summed E-state index contributed by atoms with van der Waals surface area (Å²) >= 11 is 0. The van der Waals surface area contributed by atoms with E-state index in [2.05, 4.69) is 11.9 Å². The minimum atomic E-state index is -0.972. The van der Waals surface area contributed by atoms with Crippen LogP contribution in [0.3, 0.4) is 0 Å². The molecular weight excluding hydrogens is 234 g/mol. The van der Waals surface area contributed by atoms with E-state index in [0.717, 1.165) is 6.54 Å². The molecule has 2 aliphatic rings. The zero-order valence-electron chi connectivity index (χ0n) is 10.8. The van der Waals surface area contributed by atoms with Crippen LogP contribution in [0, 0.1) is 5.41 Å². The number of hydrogen-bond donors (Lipinski definition) is 2. The van der Waals surface area contributed by atoms with Gasteiger partial charge in [-0.1, -0.05) is 6.58 Å². The molecule has 100 valence electrons. The lowest BCUT2D eigenvalue weighted by atomic mass is 9.93. The Hall–Kier alpha value is -1.56. The van der Waals surface area contributed by atoms with Crippen molar-refractivity contribution in [3.05, 3.63) is 12.3 Å². The van der Waals surface area contributed by atoms with Crippen molar-refractivity contribution >= 4 is 12.0 Å². The molecule has 0 bridgehead atoms. The van der Waals surface area contributed by atoms with Crippen molar-refractivity contribution in [1.82, 2.24) is 15.1 Å². The van der Waals surface area contributed by atoms with Crippen LogP contribution in [0.25, 0.3) is 0 Å². The van der Waals surface area contributed by atoms with Crippen LogP contribution in [0.2, 0.25) is 0 Å². The van der Waals surface area contributed by atoms with Gasteiger partial charge >= 0.3 is 12.0 Å². The van der Waals surface area contributed by atoms with Gasteiger partial charge in [-0.3, -0.25) is 9.69 Å². The highest BCUT2D eigenvalue weighted by Crippen LogP contribution is 2.30. The second kappa shape index (κ2) is 4.28. The number of aliphatic carboxylic acids is 1. The summed E-state index contributed by atoms with van der Waals surface area (Å²) in [7, 11) is 0. The van der Waals surface area contributed by atoms with Crippen LogP contribution in [0.15, 0.2) is 12.3 Å². The summed E-state index contributed by atoms with van der Waals surface area (Å²) in [6, 6.07) is -0.156. The average molecular weight is 253 g/mol. The van der Waals surface area contributed by atoms with Gasteiger partial charge in [-0.15, -0.1) is 0 Å². The standard InChI is InChI=1S/C12H19N3O3/c1-8-9-6-13-4-5-14(9)11(18)15(8)7-12(2,3)10(16)17/h9,13H,1,4-7H2,2-3H3,(H,16,17)/t9-/m0/s1. The first-order valence-corrected chi connectivity index (χ1v) is 6.05. The van der Waals surface area contributed by atoms with E-state index >= 15 is 0 Å². The van der Waals surface area contributed by atoms with Gasteiger partial charge < -0.3 is 15.3 Å². The van der Waals surface area contributed by atoms with Gasteiger partial charge in [0.05, 0.1) is 11.5 Å². The fourth-order valence-corrected chi connectivity index (χ4v) is 2.32. The maximum Gasteiger partial charge on any atom is 0.324 e. The molecule has 0 unspecified atom stereocenters. The van der Waals surface area contributed by atoms with Crippen molar-refractivity contribution in [2.75, 3.05) is 26.2 Å². The lowest BCUT2D eigenvalue weighted by Crippen LogP contribution is -2.49. The Morgan fingerprint density at radius 3 is 2.83 bits per heavy atom. The van der Waals surface area contributed by atoms with Crippen LogP contribution in [0.5, 0.6) is 0 Å². The summed E-state index contributed by atoms with van der Waals surface area (Å²) in [4.78, 5) is 26.6. The fraction of sp³-hybridized carbons (Fsp3) is 0.667. The van der Waals surface area contributed by atoms with E-state index < -0.39 is 11.4 Å². The molecule has 2 fully saturated rings. The lowest BCUT2D eigenvalue weighted by molar-refractivity contribution is -0.147. The van der Waals surface area contributed by atoms with Crippen molar-refractivity contribution < 1.29 is 14.7 Å². The first-order chi connectivity index (χ1) is 8.34. The van der Waals surface area contributed by atoms with Gasteiger partial charge in [0, 0.05) is 31.9 Å². The Labute approximate surface area is 106 Å². The highest BCUT2D eigenvalue weighted by molar-refractivity contribution is 5.82. The number of nitrogens with zero attached hydrogens (tertiary/aromatic N) is 2. The van der Waals surface area contributed by atoms with E-state index in [1.165, 1.54) is 4.90 Å². The number of amides is 2. The number of carboxylic acid groups (broad SMARTS) is 1. The van der Waals surface area contributed by atoms with Gasteiger partial charge in [-0.2, -0.15) is 0 Å². The molecule has 0 saturated carbocycles. The SMILES string of the molecule is C=C1[C@@H]2CNCCN2C(=O)N1CC(C)(C)C(=O)O. The van der Waals surface area contributed by atoms with E-state index in [0.29, 0.717) is 18.8 Å². The normalized spacial score (nSPS) is 24.4. The molecule has 2 saturated heterocycles. The summed E-state index contributed by atoms with van der Waals surface area (Å²) in [5.41, 5.74) is -0.276. The van der Waals surface area contributed by atoms with Crippen LogP contribution in [0.4, 0.5) is 4.79 Å². The molecule has 0 spiro atoms. The highest BCUT2D eigenvalue weighted by Gasteiger charge is 2.44. The van der Waals surface area contributed by atoms with Crippen LogP contribution < -0.4 is 5.32 Å². The number of piperazine rings is 1. The summed E-state index contributed by atoms with van der Waals surface area (Å²) in [6.45, 7) is 9.44. The molecular formula is C12H19N3O3. The third-order valence-electron chi connectivity index (χ3n) is 3.58. The van der Waals surface area contributed by atoms with Gasteiger partial charge in [0.25, 0.3) is 0 Å². The first-order valence-electron chi connectivity index (χ1n) is 6.05. The molecule has 0 aromatic rings. The smallest absolute Gasteiger partial charge is 0.324 e. The van der Waals surface area contributed by atoms with E-state index in [-0.39, 0.29) is 18.6 Å². The monoisotopic (exact) mass is 253 g/mol. The lowest BCUT2D eigenvalue weighted by Gasteiger charge is -2.28. The largest absolute Gasteiger partial charge is 0.481 e. The molecule has 18 heavy (non-hydrogen) atoms. The molecule has 6 nitrogen and oxygen atoms in total. The van der Waals surface area contributed by atoms with Crippen LogP contribution in [-0.4, -0.2) is 59.1 Å². The predicted molar refractivity (Wildman–Crippen MR) is 66.0 cm³/mol. The number of hydrogen-bond acceptors (Lipinski definition) is 3. The number of carboxylic acids is 1. The van der Waals surface area contributed by atoms with E-state index in [9.17, 15) is 9.59 Å². The zero-order chi connectivity index (χ0) is 13.5. The summed E-state index contributed by atoms with van der Waals surface area (Å²) in [5.74, 6) is -0.911. The quantitative estimate of drug-likeness (QED) is 0.759. The molecule has 2 heterocycles. The third-order valence-corrected chi connectivity index (χ3v) is 3.58. The molecule has 6 heteroatoms. The van der Waals surface area contributed by atoms with Crippen molar-refractivity contribution in [3.8, 4) is 0 Å². The molecule has 2 amide bonds. The maximum atomic E-state index is 12.2. The average Bonchev–Trinajstić information content (AvgIpc) is 2.55. The summed E-state index contributed by atoms with van der Waals surface area (Å²) < 4.78 is 0. The molecule has 2 rings (SSSR count). The van der Waals surface area contributed by atoms with Crippen LogP contribution >= 0.6 is 0 Å². The van der Waals surface area contributed by atoms with Crippen molar-refractivity contribution in [2.45, 2.75) is 19.9 Å². The van der Waals surface area contributed by atoms with Gasteiger partial charge in [0.1, 0.15) is 0 Å². The van der Waals surface area contributed by atoms with E-state index in [1.807, 2.05) is 0 Å². The minimum absolute atomic E-state index is 0.0316. The predicted octanol–water partition coefficient (Wildman–Crippen LogP) is 0.320. The number of rotatable bonds is 3. The molecule has 1 atom stereocenters. The first kappa shape index (κ1) is 12.9. The molecule has 2 aliphatic heterocycles. The Morgan fingerprint density at radius 2 is 2.28 bits per heavy atom. The topological polar surface area (TPSA) is 72.9 Å². The van der Waals surface area contributed by atoms with Gasteiger partial charge in [0.2, 0.25) is 0 Å². The molecule has 0 aromatic heterocycles. The molecule has 0 aromatic carbocycles. The second-order valence-corrected chi connectivity index (χ2v) is 5.46. The second-order valence-electron chi connectivity index (χ2n) is 5.46. The van der Waals surface area contributed by atoms with E-state index in [1.54, 1.807) is 18.7 Å². The Balaban J connectivity index is 2.17. The highest BCUT2D eigenvalue weighted by atomic mass is 16.4. The molecule has 2 N–H and O–H groups in total. The minimum Gasteiger partial charge on any atom is -0.481 e. The van der Waals surface area contributed by atoms with Crippen molar-refractivity contribution in [1.29, 1.82) is 0 Å². The Kier molecular flexibility index (Phi) is 3.06.